The van der Waals surface area contributed by atoms with Gasteiger partial charge in [-0.25, -0.2) is 4.39 Å². The smallest absolute Gasteiger partial charge is 0.272 e. The zero-order chi connectivity index (χ0) is 42.7. The Morgan fingerprint density at radius 1 is 0.933 bits per heavy atom. The number of halogens is 2. The van der Waals surface area contributed by atoms with Gasteiger partial charge in [-0.1, -0.05) is 39.3 Å². The van der Waals surface area contributed by atoms with Crippen molar-refractivity contribution in [2.75, 3.05) is 55.6 Å². The van der Waals surface area contributed by atoms with Crippen LogP contribution in [0.1, 0.15) is 90.1 Å². The number of imide groups is 2. The monoisotopic (exact) mass is 839 g/mol. The first-order valence-electron chi connectivity index (χ1n) is 20.4. The maximum Gasteiger partial charge on any atom is 0.272 e. The van der Waals surface area contributed by atoms with Crippen molar-refractivity contribution in [1.29, 1.82) is 5.26 Å². The second-order valence-corrected chi connectivity index (χ2v) is 18.0. The van der Waals surface area contributed by atoms with Gasteiger partial charge in [-0.15, -0.1) is 10.2 Å². The third-order valence-electron chi connectivity index (χ3n) is 13.0. The Morgan fingerprint density at radius 2 is 1.65 bits per heavy atom. The summed E-state index contributed by atoms with van der Waals surface area (Å²) in [6.07, 6.45) is 1.67. The van der Waals surface area contributed by atoms with Crippen molar-refractivity contribution in [3.05, 3.63) is 75.7 Å². The summed E-state index contributed by atoms with van der Waals surface area (Å²) in [5.74, 6) is -2.13. The highest BCUT2D eigenvalue weighted by molar-refractivity contribution is 6.31. The molecule has 1 aromatic heterocycles. The van der Waals surface area contributed by atoms with Crippen LogP contribution >= 0.6 is 11.6 Å². The summed E-state index contributed by atoms with van der Waals surface area (Å²) in [5, 5.41) is 23.6. The van der Waals surface area contributed by atoms with E-state index in [-0.39, 0.29) is 53.4 Å². The van der Waals surface area contributed by atoms with Crippen LogP contribution in [0.2, 0.25) is 5.02 Å². The molecule has 2 aromatic carbocycles. The van der Waals surface area contributed by atoms with Crippen LogP contribution in [0.15, 0.2) is 42.5 Å². The van der Waals surface area contributed by atoms with Crippen molar-refractivity contribution in [3.63, 3.8) is 0 Å². The lowest BCUT2D eigenvalue weighted by molar-refractivity contribution is -0.164. The number of nitrogens with zero attached hydrogens (tertiary/aromatic N) is 7. The fourth-order valence-electron chi connectivity index (χ4n) is 10.0. The van der Waals surface area contributed by atoms with E-state index in [1.807, 2.05) is 38.7 Å². The number of anilines is 2. The van der Waals surface area contributed by atoms with E-state index in [2.05, 4.69) is 36.7 Å². The molecule has 3 saturated heterocycles. The Kier molecular flexibility index (Phi) is 10.8. The van der Waals surface area contributed by atoms with Crippen LogP contribution in [0.5, 0.6) is 5.75 Å². The van der Waals surface area contributed by atoms with Crippen LogP contribution in [-0.4, -0.2) is 114 Å². The standard InChI is InChI=1S/C43H47ClFN9O6/c1-42(2)40(43(3,4)41(42)60-26-6-5-25(22-46)28(44)21-26)48-36(56)29-8-11-32(50-49-29)53-15-13-24(14-16-53)23-51-17-19-52(20-18-51)30-9-7-27-34(35(30)45)39(59)54(38(27)58)31-10-12-33(55)47-37(31)57/h5-9,11,21,24,31,40-41H,10,12-20,23H2,1-4H3,(H,48,56)(H,47,55,57)/t31?,40-,41-. The normalized spacial score (nSPS) is 24.1. The lowest BCUT2D eigenvalue weighted by Crippen LogP contribution is -2.74. The van der Waals surface area contributed by atoms with Crippen LogP contribution in [0.4, 0.5) is 15.9 Å². The Balaban J connectivity index is 0.800. The van der Waals surface area contributed by atoms with Gasteiger partial charge < -0.3 is 19.9 Å². The molecule has 4 fully saturated rings. The number of hydrogen-bond donors (Lipinski definition) is 2. The molecule has 1 aliphatic carbocycles. The van der Waals surface area contributed by atoms with Gasteiger partial charge in [0.1, 0.15) is 24.0 Å². The number of nitriles is 1. The summed E-state index contributed by atoms with van der Waals surface area (Å²) >= 11 is 6.23. The molecule has 5 aliphatic rings. The third-order valence-corrected chi connectivity index (χ3v) is 13.3. The maximum absolute atomic E-state index is 16.0. The van der Waals surface area contributed by atoms with Gasteiger partial charge in [-0.05, 0) is 61.6 Å². The molecule has 8 rings (SSSR count). The first kappa shape index (κ1) is 41.1. The van der Waals surface area contributed by atoms with Crippen molar-refractivity contribution >= 4 is 52.6 Å². The molecule has 0 radical (unpaired) electrons. The molecule has 1 atom stereocenters. The largest absolute Gasteiger partial charge is 0.489 e. The summed E-state index contributed by atoms with van der Waals surface area (Å²) < 4.78 is 22.3. The minimum Gasteiger partial charge on any atom is -0.489 e. The highest BCUT2D eigenvalue weighted by Gasteiger charge is 2.64. The summed E-state index contributed by atoms with van der Waals surface area (Å²) in [6, 6.07) is 12.2. The number of aromatic nitrogens is 2. The van der Waals surface area contributed by atoms with E-state index in [0.717, 1.165) is 37.4 Å². The van der Waals surface area contributed by atoms with Gasteiger partial charge in [0.15, 0.2) is 17.3 Å². The maximum atomic E-state index is 16.0. The molecule has 5 heterocycles. The molecule has 3 aromatic rings. The van der Waals surface area contributed by atoms with Gasteiger partial charge in [0.25, 0.3) is 17.7 Å². The zero-order valence-electron chi connectivity index (χ0n) is 34.0. The van der Waals surface area contributed by atoms with Crippen molar-refractivity contribution in [1.82, 2.24) is 30.6 Å². The third kappa shape index (κ3) is 7.31. The predicted molar refractivity (Wildman–Crippen MR) is 218 cm³/mol. The van der Waals surface area contributed by atoms with Crippen LogP contribution in [0.3, 0.4) is 0 Å². The summed E-state index contributed by atoms with van der Waals surface area (Å²) in [7, 11) is 0. The molecular weight excluding hydrogens is 793 g/mol. The quantitative estimate of drug-likeness (QED) is 0.294. The number of carbonyl (C=O) groups is 5. The Bertz CT molecular complexity index is 2280. The molecule has 1 unspecified atom stereocenters. The van der Waals surface area contributed by atoms with E-state index in [1.54, 1.807) is 24.3 Å². The number of carbonyl (C=O) groups excluding carboxylic acids is 5. The average Bonchev–Trinajstić information content (AvgIpc) is 3.48. The number of rotatable bonds is 9. The molecule has 0 spiro atoms. The lowest BCUT2D eigenvalue weighted by atomic mass is 9.49. The second kappa shape index (κ2) is 15.7. The fraction of sp³-hybridized carbons (Fsp3) is 0.488. The van der Waals surface area contributed by atoms with E-state index in [1.165, 1.54) is 12.1 Å². The van der Waals surface area contributed by atoms with Crippen molar-refractivity contribution in [3.8, 4) is 11.8 Å². The molecule has 5 amide bonds. The molecule has 15 nitrogen and oxygen atoms in total. The van der Waals surface area contributed by atoms with Gasteiger partial charge >= 0.3 is 0 Å². The number of ether oxygens (including phenoxy) is 1. The Hall–Kier alpha value is -5.66. The molecule has 17 heteroatoms. The van der Waals surface area contributed by atoms with Gasteiger partial charge in [-0.3, -0.25) is 39.1 Å². The van der Waals surface area contributed by atoms with E-state index in [9.17, 15) is 29.2 Å². The van der Waals surface area contributed by atoms with E-state index >= 15 is 4.39 Å². The lowest BCUT2D eigenvalue weighted by Gasteiger charge is -2.63. The first-order valence-corrected chi connectivity index (χ1v) is 20.7. The first-order chi connectivity index (χ1) is 28.6. The highest BCUT2D eigenvalue weighted by Crippen LogP contribution is 2.55. The molecule has 314 valence electrons. The molecule has 4 aliphatic heterocycles. The summed E-state index contributed by atoms with van der Waals surface area (Å²) in [5.41, 5.74) is -0.372. The minimum atomic E-state index is -1.15. The average molecular weight is 840 g/mol. The number of benzene rings is 2. The highest BCUT2D eigenvalue weighted by atomic mass is 35.5. The Morgan fingerprint density at radius 3 is 2.28 bits per heavy atom. The van der Waals surface area contributed by atoms with Gasteiger partial charge in [0.2, 0.25) is 11.8 Å². The molecule has 60 heavy (non-hydrogen) atoms. The molecule has 0 bridgehead atoms. The van der Waals surface area contributed by atoms with Crippen LogP contribution in [-0.2, 0) is 9.59 Å². The van der Waals surface area contributed by atoms with Crippen molar-refractivity contribution in [2.24, 2.45) is 16.7 Å². The van der Waals surface area contributed by atoms with Gasteiger partial charge in [0.05, 0.1) is 27.4 Å². The summed E-state index contributed by atoms with van der Waals surface area (Å²) in [4.78, 5) is 71.1. The second-order valence-electron chi connectivity index (χ2n) is 17.6. The van der Waals surface area contributed by atoms with E-state index in [0.29, 0.717) is 54.3 Å². The minimum absolute atomic E-state index is 0.00518. The van der Waals surface area contributed by atoms with Crippen LogP contribution in [0.25, 0.3) is 0 Å². The number of fused-ring (bicyclic) bond motifs is 1. The van der Waals surface area contributed by atoms with E-state index in [4.69, 9.17) is 16.3 Å². The van der Waals surface area contributed by atoms with Crippen LogP contribution in [0, 0.1) is 33.9 Å². The van der Waals surface area contributed by atoms with Crippen molar-refractivity contribution < 1.29 is 33.1 Å². The SMILES string of the molecule is CC1(C)[C@H](NC(=O)c2ccc(N3CCC(CN4CCN(c5ccc6c(c5F)C(=O)N(C5CCC(=O)NC5=O)C6=O)CC4)CC3)nn2)C(C)(C)[C@H]1Oc1ccc(C#N)c(Cl)c1. The van der Waals surface area contributed by atoms with Crippen LogP contribution < -0.4 is 25.2 Å². The Labute approximate surface area is 352 Å². The molecular formula is C43H47ClFN9O6. The number of amides is 5. The number of nitrogens with one attached hydrogen (secondary N) is 2. The van der Waals surface area contributed by atoms with Gasteiger partial charge in [-0.2, -0.15) is 5.26 Å². The molecule has 1 saturated carbocycles. The number of piperazine rings is 1. The van der Waals surface area contributed by atoms with Crippen molar-refractivity contribution in [2.45, 2.75) is 71.6 Å². The molecule has 2 N–H and O–H groups in total. The number of piperidine rings is 2. The topological polar surface area (TPSA) is 181 Å². The fourth-order valence-corrected chi connectivity index (χ4v) is 10.3. The van der Waals surface area contributed by atoms with Gasteiger partial charge in [0, 0.05) is 75.2 Å². The zero-order valence-corrected chi connectivity index (χ0v) is 34.7. The van der Waals surface area contributed by atoms with E-state index < -0.39 is 46.3 Å². The number of hydrogen-bond acceptors (Lipinski definition) is 12. The predicted octanol–water partition coefficient (Wildman–Crippen LogP) is 4.19. The summed E-state index contributed by atoms with van der Waals surface area (Å²) in [6.45, 7) is 13.2.